The summed E-state index contributed by atoms with van der Waals surface area (Å²) in [5.41, 5.74) is 0.872. The third-order valence-electron chi connectivity index (χ3n) is 2.50. The minimum Gasteiger partial charge on any atom is -0.247 e. The van der Waals surface area contributed by atoms with Crippen LogP contribution in [0.1, 0.15) is 11.3 Å². The number of nitrogens with zero attached hydrogens (tertiary/aromatic N) is 2. The normalized spacial score (nSPS) is 11.4. The summed E-state index contributed by atoms with van der Waals surface area (Å²) in [6.07, 6.45) is 0. The average molecular weight is 316 g/mol. The van der Waals surface area contributed by atoms with Gasteiger partial charge in [0.1, 0.15) is 11.0 Å². The lowest BCUT2D eigenvalue weighted by atomic mass is 10.2. The van der Waals surface area contributed by atoms with E-state index in [0.29, 0.717) is 11.3 Å². The molecule has 0 unspecified atom stereocenters. The van der Waals surface area contributed by atoms with Crippen molar-refractivity contribution in [3.63, 3.8) is 0 Å². The highest BCUT2D eigenvalue weighted by Crippen LogP contribution is 2.18. The number of sulfonamides is 1. The van der Waals surface area contributed by atoms with Gasteiger partial charge in [-0.15, -0.1) is 0 Å². The monoisotopic (exact) mass is 315 g/mol. The van der Waals surface area contributed by atoms with E-state index in [2.05, 4.69) is 14.7 Å². The molecule has 2 aromatic rings. The van der Waals surface area contributed by atoms with Gasteiger partial charge in [0.05, 0.1) is 4.90 Å². The molecule has 0 atom stereocenters. The predicted molar refractivity (Wildman–Crippen MR) is 73.7 cm³/mol. The predicted octanol–water partition coefficient (Wildman–Crippen LogP) is 2.69. The number of rotatable bonds is 3. The van der Waals surface area contributed by atoms with Gasteiger partial charge in [0.25, 0.3) is 10.0 Å². The SMILES string of the molecule is Cc1cc(Cl)nc(NS(=O)(=O)c2ccc(C)c(F)c2)n1. The van der Waals surface area contributed by atoms with Crippen molar-refractivity contribution in [3.8, 4) is 0 Å². The number of anilines is 1. The van der Waals surface area contributed by atoms with Crippen molar-refractivity contribution in [1.82, 2.24) is 9.97 Å². The maximum absolute atomic E-state index is 13.4. The summed E-state index contributed by atoms with van der Waals surface area (Å²) >= 11 is 5.73. The Morgan fingerprint density at radius 1 is 1.20 bits per heavy atom. The molecule has 5 nitrogen and oxygen atoms in total. The van der Waals surface area contributed by atoms with Crippen LogP contribution in [0.3, 0.4) is 0 Å². The lowest BCUT2D eigenvalue weighted by molar-refractivity contribution is 0.593. The highest BCUT2D eigenvalue weighted by Gasteiger charge is 2.17. The van der Waals surface area contributed by atoms with Crippen molar-refractivity contribution >= 4 is 27.6 Å². The summed E-state index contributed by atoms with van der Waals surface area (Å²) in [7, 11) is -3.96. The Hall–Kier alpha value is -1.73. The van der Waals surface area contributed by atoms with Gasteiger partial charge in [0, 0.05) is 5.69 Å². The van der Waals surface area contributed by atoms with E-state index in [0.717, 1.165) is 6.07 Å². The molecule has 2 rings (SSSR count). The molecule has 0 aliphatic rings. The zero-order valence-electron chi connectivity index (χ0n) is 10.7. The summed E-state index contributed by atoms with van der Waals surface area (Å²) in [5.74, 6) is -0.757. The van der Waals surface area contributed by atoms with Crippen LogP contribution in [0.2, 0.25) is 5.15 Å². The van der Waals surface area contributed by atoms with Crippen molar-refractivity contribution in [2.24, 2.45) is 0 Å². The van der Waals surface area contributed by atoms with Gasteiger partial charge in [-0.2, -0.15) is 0 Å². The van der Waals surface area contributed by atoms with Crippen LogP contribution in [0.5, 0.6) is 0 Å². The average Bonchev–Trinajstić information content (AvgIpc) is 2.30. The molecule has 0 radical (unpaired) electrons. The molecule has 0 saturated carbocycles. The Morgan fingerprint density at radius 2 is 1.90 bits per heavy atom. The van der Waals surface area contributed by atoms with Gasteiger partial charge in [0.15, 0.2) is 0 Å². The molecule has 0 amide bonds. The number of halogens is 2. The number of hydrogen-bond acceptors (Lipinski definition) is 4. The minimum absolute atomic E-state index is 0.116. The zero-order chi connectivity index (χ0) is 14.9. The Balaban J connectivity index is 2.37. The van der Waals surface area contributed by atoms with E-state index in [1.807, 2.05) is 0 Å². The van der Waals surface area contributed by atoms with Crippen LogP contribution in [0.25, 0.3) is 0 Å². The Kier molecular flexibility index (Phi) is 3.92. The molecule has 0 bridgehead atoms. The first-order chi connectivity index (χ1) is 9.28. The van der Waals surface area contributed by atoms with Gasteiger partial charge in [-0.1, -0.05) is 17.7 Å². The number of nitrogens with one attached hydrogen (secondary N) is 1. The summed E-state index contributed by atoms with van der Waals surface area (Å²) in [5, 5.41) is 0.116. The van der Waals surface area contributed by atoms with Crippen LogP contribution in [0.15, 0.2) is 29.2 Å². The van der Waals surface area contributed by atoms with Gasteiger partial charge in [-0.25, -0.2) is 27.5 Å². The second-order valence-corrected chi connectivity index (χ2v) is 6.24. The fourth-order valence-corrected chi connectivity index (χ4v) is 2.69. The van der Waals surface area contributed by atoms with Gasteiger partial charge < -0.3 is 0 Å². The first-order valence-electron chi connectivity index (χ1n) is 5.58. The number of aryl methyl sites for hydroxylation is 2. The van der Waals surface area contributed by atoms with Crippen molar-refractivity contribution in [2.45, 2.75) is 18.7 Å². The molecule has 0 fully saturated rings. The number of benzene rings is 1. The maximum Gasteiger partial charge on any atom is 0.264 e. The number of hydrogen-bond donors (Lipinski definition) is 1. The lowest BCUT2D eigenvalue weighted by Crippen LogP contribution is -2.15. The molecule has 0 aliphatic carbocycles. The van der Waals surface area contributed by atoms with Crippen LogP contribution in [-0.4, -0.2) is 18.4 Å². The topological polar surface area (TPSA) is 72.0 Å². The van der Waals surface area contributed by atoms with Crippen LogP contribution >= 0.6 is 11.6 Å². The quantitative estimate of drug-likeness (QED) is 0.884. The zero-order valence-corrected chi connectivity index (χ0v) is 12.3. The molecule has 20 heavy (non-hydrogen) atoms. The largest absolute Gasteiger partial charge is 0.264 e. The maximum atomic E-state index is 13.4. The second-order valence-electron chi connectivity index (χ2n) is 4.17. The van der Waals surface area contributed by atoms with Gasteiger partial charge in [-0.05, 0) is 37.6 Å². The Morgan fingerprint density at radius 3 is 2.50 bits per heavy atom. The van der Waals surface area contributed by atoms with Gasteiger partial charge >= 0.3 is 0 Å². The minimum atomic E-state index is -3.96. The van der Waals surface area contributed by atoms with Crippen molar-refractivity contribution in [2.75, 3.05) is 4.72 Å². The van der Waals surface area contributed by atoms with Crippen LogP contribution < -0.4 is 4.72 Å². The van der Waals surface area contributed by atoms with E-state index in [1.54, 1.807) is 13.8 Å². The second kappa shape index (κ2) is 5.34. The van der Waals surface area contributed by atoms with Crippen LogP contribution in [-0.2, 0) is 10.0 Å². The van der Waals surface area contributed by atoms with E-state index in [9.17, 15) is 12.8 Å². The molecule has 1 aromatic heterocycles. The van der Waals surface area contributed by atoms with Crippen molar-refractivity contribution in [3.05, 3.63) is 46.5 Å². The molecular weight excluding hydrogens is 305 g/mol. The first-order valence-corrected chi connectivity index (χ1v) is 7.44. The molecule has 8 heteroatoms. The standard InChI is InChI=1S/C12H11ClFN3O2S/c1-7-3-4-9(6-10(7)14)20(18,19)17-12-15-8(2)5-11(13)16-12/h3-6H,1-2H3,(H,15,16,17). The van der Waals surface area contributed by atoms with E-state index < -0.39 is 15.8 Å². The van der Waals surface area contributed by atoms with Crippen molar-refractivity contribution in [1.29, 1.82) is 0 Å². The summed E-state index contributed by atoms with van der Waals surface area (Å²) in [4.78, 5) is 7.45. The summed E-state index contributed by atoms with van der Waals surface area (Å²) < 4.78 is 39.8. The van der Waals surface area contributed by atoms with Crippen molar-refractivity contribution < 1.29 is 12.8 Å². The molecular formula is C12H11ClFN3O2S. The molecule has 106 valence electrons. The van der Waals surface area contributed by atoms with E-state index in [1.165, 1.54) is 18.2 Å². The molecule has 1 N–H and O–H groups in total. The fourth-order valence-electron chi connectivity index (χ4n) is 1.50. The van der Waals surface area contributed by atoms with Crippen LogP contribution in [0.4, 0.5) is 10.3 Å². The lowest BCUT2D eigenvalue weighted by Gasteiger charge is -2.08. The summed E-state index contributed by atoms with van der Waals surface area (Å²) in [6, 6.07) is 5.12. The molecule has 1 heterocycles. The summed E-state index contributed by atoms with van der Waals surface area (Å²) in [6.45, 7) is 3.19. The molecule has 1 aromatic carbocycles. The Labute approximate surface area is 120 Å². The molecule has 0 saturated heterocycles. The van der Waals surface area contributed by atoms with E-state index in [-0.39, 0.29) is 16.0 Å². The third kappa shape index (κ3) is 3.23. The first kappa shape index (κ1) is 14.7. The Bertz CT molecular complexity index is 745. The highest BCUT2D eigenvalue weighted by molar-refractivity contribution is 7.92. The molecule has 0 aliphatic heterocycles. The smallest absolute Gasteiger partial charge is 0.247 e. The highest BCUT2D eigenvalue weighted by atomic mass is 35.5. The van der Waals surface area contributed by atoms with Gasteiger partial charge in [-0.3, -0.25) is 0 Å². The third-order valence-corrected chi connectivity index (χ3v) is 4.02. The van der Waals surface area contributed by atoms with E-state index in [4.69, 9.17) is 11.6 Å². The fraction of sp³-hybridized carbons (Fsp3) is 0.167. The number of aromatic nitrogens is 2. The van der Waals surface area contributed by atoms with E-state index >= 15 is 0 Å². The van der Waals surface area contributed by atoms with Gasteiger partial charge in [0.2, 0.25) is 5.95 Å². The van der Waals surface area contributed by atoms with Crippen LogP contribution in [0, 0.1) is 19.7 Å². The molecule has 0 spiro atoms.